The van der Waals surface area contributed by atoms with Crippen LogP contribution in [0.25, 0.3) is 11.4 Å². The molecule has 0 N–H and O–H groups in total. The SMILES string of the molecule is Cc1ccccc1-c1nnc(SCC(=O)N2CC(C)OC(C)C2)n1Cc1ccco1. The van der Waals surface area contributed by atoms with Gasteiger partial charge in [-0.3, -0.25) is 9.36 Å². The highest BCUT2D eigenvalue weighted by Crippen LogP contribution is 2.27. The van der Waals surface area contributed by atoms with Gasteiger partial charge in [-0.25, -0.2) is 0 Å². The lowest BCUT2D eigenvalue weighted by Crippen LogP contribution is -2.48. The maximum atomic E-state index is 12.8. The van der Waals surface area contributed by atoms with Crippen LogP contribution >= 0.6 is 11.8 Å². The van der Waals surface area contributed by atoms with E-state index in [4.69, 9.17) is 9.15 Å². The number of amides is 1. The first-order chi connectivity index (χ1) is 14.5. The zero-order chi connectivity index (χ0) is 21.1. The van der Waals surface area contributed by atoms with Gasteiger partial charge >= 0.3 is 0 Å². The van der Waals surface area contributed by atoms with E-state index in [0.717, 1.165) is 22.7 Å². The molecule has 7 nitrogen and oxygen atoms in total. The topological polar surface area (TPSA) is 73.4 Å². The summed E-state index contributed by atoms with van der Waals surface area (Å²) in [4.78, 5) is 14.7. The van der Waals surface area contributed by atoms with Gasteiger partial charge in [0, 0.05) is 18.7 Å². The molecule has 2 unspecified atom stereocenters. The van der Waals surface area contributed by atoms with Crippen molar-refractivity contribution in [2.75, 3.05) is 18.8 Å². The molecular formula is C22H26N4O3S. The summed E-state index contributed by atoms with van der Waals surface area (Å²) >= 11 is 1.41. The predicted octanol–water partition coefficient (Wildman–Crippen LogP) is 3.62. The summed E-state index contributed by atoms with van der Waals surface area (Å²) < 4.78 is 13.3. The maximum Gasteiger partial charge on any atom is 0.233 e. The Morgan fingerprint density at radius 1 is 1.13 bits per heavy atom. The first-order valence-electron chi connectivity index (χ1n) is 10.1. The van der Waals surface area contributed by atoms with Crippen molar-refractivity contribution in [1.82, 2.24) is 19.7 Å². The molecule has 8 heteroatoms. The largest absolute Gasteiger partial charge is 0.467 e. The van der Waals surface area contributed by atoms with Crippen LogP contribution in [0.3, 0.4) is 0 Å². The van der Waals surface area contributed by atoms with E-state index in [2.05, 4.69) is 23.2 Å². The van der Waals surface area contributed by atoms with Gasteiger partial charge in [0.1, 0.15) is 5.76 Å². The Kier molecular flexibility index (Phi) is 6.24. The van der Waals surface area contributed by atoms with Crippen LogP contribution in [-0.2, 0) is 16.1 Å². The molecule has 1 aromatic carbocycles. The number of thioether (sulfide) groups is 1. The number of furan rings is 1. The van der Waals surface area contributed by atoms with Crippen LogP contribution < -0.4 is 0 Å². The number of carbonyl (C=O) groups is 1. The number of rotatable bonds is 6. The molecule has 1 saturated heterocycles. The second-order valence-electron chi connectivity index (χ2n) is 7.63. The molecule has 1 fully saturated rings. The van der Waals surface area contributed by atoms with Crippen molar-refractivity contribution in [2.24, 2.45) is 0 Å². The third-order valence-corrected chi connectivity index (χ3v) is 6.05. The second kappa shape index (κ2) is 9.06. The zero-order valence-electron chi connectivity index (χ0n) is 17.4. The van der Waals surface area contributed by atoms with Gasteiger partial charge in [0.15, 0.2) is 11.0 Å². The number of hydrogen-bond acceptors (Lipinski definition) is 6. The minimum Gasteiger partial charge on any atom is -0.467 e. The van der Waals surface area contributed by atoms with Crippen molar-refractivity contribution >= 4 is 17.7 Å². The Hall–Kier alpha value is -2.58. The van der Waals surface area contributed by atoms with E-state index in [9.17, 15) is 4.79 Å². The third kappa shape index (κ3) is 4.60. The molecule has 158 valence electrons. The fourth-order valence-corrected chi connectivity index (χ4v) is 4.56. The van der Waals surface area contributed by atoms with Gasteiger partial charge in [0.05, 0.1) is 30.8 Å². The van der Waals surface area contributed by atoms with E-state index >= 15 is 0 Å². The molecular weight excluding hydrogens is 400 g/mol. The summed E-state index contributed by atoms with van der Waals surface area (Å²) in [6, 6.07) is 11.9. The monoisotopic (exact) mass is 426 g/mol. The number of carbonyl (C=O) groups excluding carboxylic acids is 1. The average Bonchev–Trinajstić information content (AvgIpc) is 3.36. The number of morpholine rings is 1. The molecule has 4 rings (SSSR count). The normalized spacial score (nSPS) is 19.2. The first kappa shape index (κ1) is 20.7. The number of aromatic nitrogens is 3. The molecule has 30 heavy (non-hydrogen) atoms. The van der Waals surface area contributed by atoms with Crippen LogP contribution in [0.2, 0.25) is 0 Å². The predicted molar refractivity (Wildman–Crippen MR) is 115 cm³/mol. The van der Waals surface area contributed by atoms with Gasteiger partial charge in [0.25, 0.3) is 0 Å². The zero-order valence-corrected chi connectivity index (χ0v) is 18.3. The van der Waals surface area contributed by atoms with E-state index in [0.29, 0.717) is 30.5 Å². The molecule has 1 aliphatic heterocycles. The average molecular weight is 427 g/mol. The minimum atomic E-state index is 0.0537. The molecule has 3 heterocycles. The molecule has 1 aliphatic rings. The highest BCUT2D eigenvalue weighted by atomic mass is 32.2. The van der Waals surface area contributed by atoms with Gasteiger partial charge in [-0.2, -0.15) is 0 Å². The Bertz CT molecular complexity index is 992. The third-order valence-electron chi connectivity index (χ3n) is 5.09. The first-order valence-corrected chi connectivity index (χ1v) is 11.1. The number of benzene rings is 1. The lowest BCUT2D eigenvalue weighted by molar-refractivity contribution is -0.140. The van der Waals surface area contributed by atoms with Crippen molar-refractivity contribution in [1.29, 1.82) is 0 Å². The molecule has 0 spiro atoms. The van der Waals surface area contributed by atoms with Gasteiger partial charge in [-0.1, -0.05) is 36.0 Å². The van der Waals surface area contributed by atoms with Gasteiger partial charge in [-0.15, -0.1) is 10.2 Å². The maximum absolute atomic E-state index is 12.8. The highest BCUT2D eigenvalue weighted by Gasteiger charge is 2.26. The van der Waals surface area contributed by atoms with Crippen LogP contribution in [0.1, 0.15) is 25.2 Å². The molecule has 0 aliphatic carbocycles. The number of hydrogen-bond donors (Lipinski definition) is 0. The van der Waals surface area contributed by atoms with Crippen molar-refractivity contribution < 1.29 is 13.9 Å². The van der Waals surface area contributed by atoms with E-state index in [1.54, 1.807) is 6.26 Å². The summed E-state index contributed by atoms with van der Waals surface area (Å²) in [6.45, 7) is 7.80. The fourth-order valence-electron chi connectivity index (χ4n) is 3.72. The van der Waals surface area contributed by atoms with E-state index in [1.807, 2.05) is 53.6 Å². The number of ether oxygens (including phenoxy) is 1. The van der Waals surface area contributed by atoms with E-state index < -0.39 is 0 Å². The molecule has 0 saturated carbocycles. The van der Waals surface area contributed by atoms with Crippen LogP contribution in [0.5, 0.6) is 0 Å². The minimum absolute atomic E-state index is 0.0537. The standard InChI is InChI=1S/C22H26N4O3S/c1-15-7-4-5-9-19(15)21-23-24-22(26(21)13-18-8-6-10-28-18)30-14-20(27)25-11-16(2)29-17(3)12-25/h4-10,16-17H,11-14H2,1-3H3. The smallest absolute Gasteiger partial charge is 0.233 e. The molecule has 2 atom stereocenters. The van der Waals surface area contributed by atoms with Crippen molar-refractivity contribution in [3.63, 3.8) is 0 Å². The molecule has 2 aromatic heterocycles. The molecule has 3 aromatic rings. The summed E-state index contributed by atoms with van der Waals surface area (Å²) in [5, 5.41) is 9.55. The molecule has 0 bridgehead atoms. The fraction of sp³-hybridized carbons (Fsp3) is 0.409. The summed E-state index contributed by atoms with van der Waals surface area (Å²) in [7, 11) is 0. The van der Waals surface area contributed by atoms with Crippen molar-refractivity contribution in [3.8, 4) is 11.4 Å². The van der Waals surface area contributed by atoms with E-state index in [1.165, 1.54) is 11.8 Å². The summed E-state index contributed by atoms with van der Waals surface area (Å²) in [5.74, 6) is 1.98. The van der Waals surface area contributed by atoms with Gasteiger partial charge in [-0.05, 0) is 38.5 Å². The Morgan fingerprint density at radius 2 is 1.90 bits per heavy atom. The van der Waals surface area contributed by atoms with Crippen LogP contribution in [0.4, 0.5) is 0 Å². The Labute approximate surface area is 180 Å². The van der Waals surface area contributed by atoms with Crippen LogP contribution in [0, 0.1) is 6.92 Å². The number of nitrogens with zero attached hydrogens (tertiary/aromatic N) is 4. The molecule has 0 radical (unpaired) electrons. The van der Waals surface area contributed by atoms with Crippen LogP contribution in [0.15, 0.2) is 52.2 Å². The Morgan fingerprint density at radius 3 is 2.60 bits per heavy atom. The molecule has 1 amide bonds. The lowest BCUT2D eigenvalue weighted by atomic mass is 10.1. The quantitative estimate of drug-likeness (QED) is 0.561. The Balaban J connectivity index is 1.55. The second-order valence-corrected chi connectivity index (χ2v) is 8.57. The van der Waals surface area contributed by atoms with Crippen molar-refractivity contribution in [2.45, 2.75) is 44.7 Å². The lowest BCUT2D eigenvalue weighted by Gasteiger charge is -2.35. The van der Waals surface area contributed by atoms with Crippen LogP contribution in [-0.4, -0.2) is 56.6 Å². The summed E-state index contributed by atoms with van der Waals surface area (Å²) in [5.41, 5.74) is 2.14. The van der Waals surface area contributed by atoms with Gasteiger partial charge < -0.3 is 14.1 Å². The van der Waals surface area contributed by atoms with Crippen molar-refractivity contribution in [3.05, 3.63) is 54.0 Å². The highest BCUT2D eigenvalue weighted by molar-refractivity contribution is 7.99. The number of aryl methyl sites for hydroxylation is 1. The van der Waals surface area contributed by atoms with E-state index in [-0.39, 0.29) is 18.1 Å². The van der Waals surface area contributed by atoms with Gasteiger partial charge in [0.2, 0.25) is 5.91 Å². The summed E-state index contributed by atoms with van der Waals surface area (Å²) in [6.07, 6.45) is 1.76.